The molecule has 0 unspecified atom stereocenters. The van der Waals surface area contributed by atoms with Crippen LogP contribution in [0.5, 0.6) is 0 Å². The normalized spacial score (nSPS) is 13.6. The second kappa shape index (κ2) is 6.39. The number of carbonyl (C=O) groups is 1. The molecule has 0 saturated heterocycles. The Morgan fingerprint density at radius 3 is 2.36 bits per heavy atom. The summed E-state index contributed by atoms with van der Waals surface area (Å²) >= 11 is 0. The summed E-state index contributed by atoms with van der Waals surface area (Å²) in [5, 5.41) is 0. The minimum Gasteiger partial charge on any atom is -0.292 e. The molecule has 6 nitrogen and oxygen atoms in total. The van der Waals surface area contributed by atoms with Crippen molar-refractivity contribution in [2.75, 3.05) is 4.90 Å². The molecule has 124 valence electrons. The summed E-state index contributed by atoms with van der Waals surface area (Å²) in [6, 6.07) is 7.58. The lowest BCUT2D eigenvalue weighted by atomic mass is 10.0. The molecular weight excluding hydrogens is 314 g/mol. The summed E-state index contributed by atoms with van der Waals surface area (Å²) in [5.74, 6) is 1.42. The maximum atomic E-state index is 12.6. The first kappa shape index (κ1) is 15.4. The second-order valence-electron chi connectivity index (χ2n) is 6.01. The zero-order chi connectivity index (χ0) is 17.2. The first-order valence-electron chi connectivity index (χ1n) is 8.19. The number of aryl methyl sites for hydroxylation is 1. The Morgan fingerprint density at radius 1 is 0.960 bits per heavy atom. The Morgan fingerprint density at radius 2 is 1.64 bits per heavy atom. The van der Waals surface area contributed by atoms with Crippen LogP contribution in [-0.4, -0.2) is 25.8 Å². The van der Waals surface area contributed by atoms with E-state index < -0.39 is 0 Å². The largest absolute Gasteiger partial charge is 0.292 e. The van der Waals surface area contributed by atoms with Gasteiger partial charge in [-0.2, -0.15) is 0 Å². The summed E-state index contributed by atoms with van der Waals surface area (Å²) in [4.78, 5) is 31.7. The molecule has 1 aliphatic rings. The summed E-state index contributed by atoms with van der Waals surface area (Å²) in [6.45, 7) is 2.46. The first-order chi connectivity index (χ1) is 12.2. The molecule has 0 fully saturated rings. The van der Waals surface area contributed by atoms with Crippen molar-refractivity contribution >= 4 is 11.7 Å². The van der Waals surface area contributed by atoms with Gasteiger partial charge in [-0.15, -0.1) is 0 Å². The minimum atomic E-state index is 0.0862. The van der Waals surface area contributed by atoms with Gasteiger partial charge in [-0.1, -0.05) is 0 Å². The Balaban J connectivity index is 1.79. The predicted molar refractivity (Wildman–Crippen MR) is 93.7 cm³/mol. The maximum absolute atomic E-state index is 12.6. The molecule has 0 radical (unpaired) electrons. The van der Waals surface area contributed by atoms with Gasteiger partial charge >= 0.3 is 0 Å². The van der Waals surface area contributed by atoms with Gasteiger partial charge in [0.1, 0.15) is 5.82 Å². The second-order valence-corrected chi connectivity index (χ2v) is 6.01. The highest BCUT2D eigenvalue weighted by Gasteiger charge is 2.28. The fraction of sp³-hybridized carbons (Fsp3) is 0.211. The van der Waals surface area contributed by atoms with Crippen LogP contribution in [0.1, 0.15) is 23.2 Å². The monoisotopic (exact) mass is 331 g/mol. The van der Waals surface area contributed by atoms with Gasteiger partial charge in [0.2, 0.25) is 5.91 Å². The summed E-state index contributed by atoms with van der Waals surface area (Å²) in [7, 11) is 0. The molecule has 25 heavy (non-hydrogen) atoms. The van der Waals surface area contributed by atoms with Crippen molar-refractivity contribution in [1.29, 1.82) is 0 Å². The highest BCUT2D eigenvalue weighted by atomic mass is 16.2. The van der Waals surface area contributed by atoms with Crippen molar-refractivity contribution in [2.45, 2.75) is 26.3 Å². The number of fused-ring (bicyclic) bond motifs is 1. The minimum absolute atomic E-state index is 0.0862. The van der Waals surface area contributed by atoms with Gasteiger partial charge in [0, 0.05) is 48.0 Å². The topological polar surface area (TPSA) is 71.9 Å². The van der Waals surface area contributed by atoms with Gasteiger partial charge in [-0.05, 0) is 43.2 Å². The van der Waals surface area contributed by atoms with Crippen molar-refractivity contribution in [2.24, 2.45) is 0 Å². The number of aromatic nitrogens is 4. The van der Waals surface area contributed by atoms with Gasteiger partial charge in [0.15, 0.2) is 5.82 Å². The molecule has 3 aromatic rings. The molecule has 6 heteroatoms. The molecule has 3 aromatic heterocycles. The van der Waals surface area contributed by atoms with Crippen LogP contribution >= 0.6 is 0 Å². The molecule has 0 saturated carbocycles. The Labute approximate surface area is 145 Å². The first-order valence-corrected chi connectivity index (χ1v) is 8.19. The van der Waals surface area contributed by atoms with Gasteiger partial charge in [-0.25, -0.2) is 9.97 Å². The van der Waals surface area contributed by atoms with Crippen molar-refractivity contribution < 1.29 is 4.79 Å². The predicted octanol–water partition coefficient (Wildman–Crippen LogP) is 2.72. The molecular formula is C19H17N5O. The van der Waals surface area contributed by atoms with Crippen LogP contribution in [0, 0.1) is 6.92 Å². The number of anilines is 1. The lowest BCUT2D eigenvalue weighted by molar-refractivity contribution is -0.119. The van der Waals surface area contributed by atoms with Crippen molar-refractivity contribution in [3.8, 4) is 11.4 Å². The molecule has 0 aliphatic carbocycles. The van der Waals surface area contributed by atoms with E-state index in [2.05, 4.69) is 15.0 Å². The molecule has 1 aliphatic heterocycles. The third-order valence-electron chi connectivity index (χ3n) is 4.37. The van der Waals surface area contributed by atoms with Crippen LogP contribution in [0.25, 0.3) is 11.4 Å². The van der Waals surface area contributed by atoms with Crippen LogP contribution in [-0.2, 0) is 17.8 Å². The van der Waals surface area contributed by atoms with Crippen LogP contribution in [0.3, 0.4) is 0 Å². The van der Waals surface area contributed by atoms with E-state index in [1.165, 1.54) is 0 Å². The van der Waals surface area contributed by atoms with E-state index in [4.69, 9.17) is 4.98 Å². The Hall–Kier alpha value is -3.15. The fourth-order valence-electron chi connectivity index (χ4n) is 3.05. The highest BCUT2D eigenvalue weighted by molar-refractivity contribution is 5.95. The lowest BCUT2D eigenvalue weighted by Gasteiger charge is -2.29. The van der Waals surface area contributed by atoms with E-state index in [0.29, 0.717) is 31.0 Å². The molecule has 0 atom stereocenters. The van der Waals surface area contributed by atoms with Crippen molar-refractivity contribution in [3.63, 3.8) is 0 Å². The summed E-state index contributed by atoms with van der Waals surface area (Å²) in [5.41, 5.74) is 3.89. The molecule has 0 aromatic carbocycles. The standard InChI is InChI=1S/C19H17N5O/c1-13-16-2-3-17(25)24(12-14-4-8-20-9-5-14)19(16)23-18(22-13)15-6-10-21-11-7-15/h4-11H,2-3,12H2,1H3. The van der Waals surface area contributed by atoms with E-state index in [9.17, 15) is 4.79 Å². The molecule has 4 heterocycles. The number of pyridine rings is 2. The number of rotatable bonds is 3. The smallest absolute Gasteiger partial charge is 0.228 e. The quantitative estimate of drug-likeness (QED) is 0.738. The zero-order valence-corrected chi connectivity index (χ0v) is 13.9. The highest BCUT2D eigenvalue weighted by Crippen LogP contribution is 2.31. The lowest BCUT2D eigenvalue weighted by Crippen LogP contribution is -2.36. The molecule has 0 N–H and O–H groups in total. The molecule has 4 rings (SSSR count). The van der Waals surface area contributed by atoms with Crippen LogP contribution < -0.4 is 4.90 Å². The number of amides is 1. The van der Waals surface area contributed by atoms with Gasteiger partial charge in [0.25, 0.3) is 0 Å². The average Bonchev–Trinajstić information content (AvgIpc) is 2.65. The van der Waals surface area contributed by atoms with Crippen LogP contribution in [0.4, 0.5) is 5.82 Å². The van der Waals surface area contributed by atoms with Crippen molar-refractivity contribution in [3.05, 3.63) is 65.9 Å². The Kier molecular flexibility index (Phi) is 3.93. The third kappa shape index (κ3) is 2.98. The van der Waals surface area contributed by atoms with E-state index in [1.807, 2.05) is 31.2 Å². The zero-order valence-electron chi connectivity index (χ0n) is 13.9. The third-order valence-corrected chi connectivity index (χ3v) is 4.37. The number of hydrogen-bond donors (Lipinski definition) is 0. The molecule has 0 spiro atoms. The van der Waals surface area contributed by atoms with Gasteiger partial charge in [0.05, 0.1) is 6.54 Å². The van der Waals surface area contributed by atoms with E-state index >= 15 is 0 Å². The van der Waals surface area contributed by atoms with Gasteiger partial charge < -0.3 is 0 Å². The number of hydrogen-bond acceptors (Lipinski definition) is 5. The number of nitrogens with zero attached hydrogens (tertiary/aromatic N) is 5. The molecule has 1 amide bonds. The molecule has 0 bridgehead atoms. The summed E-state index contributed by atoms with van der Waals surface area (Å²) < 4.78 is 0. The van der Waals surface area contributed by atoms with Crippen LogP contribution in [0.2, 0.25) is 0 Å². The Bertz CT molecular complexity index is 912. The van der Waals surface area contributed by atoms with Crippen LogP contribution in [0.15, 0.2) is 49.1 Å². The van der Waals surface area contributed by atoms with E-state index in [-0.39, 0.29) is 5.91 Å². The number of carbonyl (C=O) groups excluding carboxylic acids is 1. The average molecular weight is 331 g/mol. The fourth-order valence-corrected chi connectivity index (χ4v) is 3.05. The van der Waals surface area contributed by atoms with Gasteiger partial charge in [-0.3, -0.25) is 19.7 Å². The SMILES string of the molecule is Cc1nc(-c2ccncc2)nc2c1CCC(=O)N2Cc1ccncc1. The van der Waals surface area contributed by atoms with Crippen molar-refractivity contribution in [1.82, 2.24) is 19.9 Å². The summed E-state index contributed by atoms with van der Waals surface area (Å²) in [6.07, 6.45) is 8.07. The van der Waals surface area contributed by atoms with E-state index in [0.717, 1.165) is 22.4 Å². The van der Waals surface area contributed by atoms with E-state index in [1.54, 1.807) is 29.7 Å². The maximum Gasteiger partial charge on any atom is 0.228 e.